The van der Waals surface area contributed by atoms with Gasteiger partial charge in [-0.15, -0.1) is 0 Å². The minimum Gasteiger partial charge on any atom is -0.478 e. The Labute approximate surface area is 106 Å². The Bertz CT molecular complexity index is 435. The molecule has 2 heterocycles. The highest BCUT2D eigenvalue weighted by atomic mass is 19.4. The van der Waals surface area contributed by atoms with Gasteiger partial charge in [-0.3, -0.25) is 0 Å². The number of hydrogen-bond donors (Lipinski definition) is 0. The number of esters is 1. The van der Waals surface area contributed by atoms with Crippen molar-refractivity contribution < 1.29 is 32.2 Å². The maximum absolute atomic E-state index is 11.8. The van der Waals surface area contributed by atoms with Crippen LogP contribution in [0.2, 0.25) is 0 Å². The van der Waals surface area contributed by atoms with Crippen LogP contribution in [0.3, 0.4) is 0 Å². The highest BCUT2D eigenvalue weighted by molar-refractivity contribution is 5.87. The molecular weight excluding hydrogens is 269 g/mol. The van der Waals surface area contributed by atoms with Gasteiger partial charge in [0, 0.05) is 19.0 Å². The standard InChI is InChI=1S/C10H11F3N2O4/c11-10(12,13)5-17-6-19-9(16)7-4-8-15(14-7)2-1-3-18-8/h4H,1-3,5-6H2. The van der Waals surface area contributed by atoms with E-state index in [9.17, 15) is 18.0 Å². The summed E-state index contributed by atoms with van der Waals surface area (Å²) in [6.45, 7) is -1.09. The van der Waals surface area contributed by atoms with Crippen molar-refractivity contribution in [3.8, 4) is 5.88 Å². The van der Waals surface area contributed by atoms with Gasteiger partial charge in [0.05, 0.1) is 6.61 Å². The van der Waals surface area contributed by atoms with Gasteiger partial charge in [-0.2, -0.15) is 18.3 Å². The number of carbonyl (C=O) groups excluding carboxylic acids is 1. The predicted molar refractivity (Wildman–Crippen MR) is 54.6 cm³/mol. The average Bonchev–Trinajstić information content (AvgIpc) is 2.77. The Morgan fingerprint density at radius 3 is 3.00 bits per heavy atom. The summed E-state index contributed by atoms with van der Waals surface area (Å²) in [5.74, 6) is -0.415. The third-order valence-corrected chi connectivity index (χ3v) is 2.26. The molecule has 1 aliphatic heterocycles. The Morgan fingerprint density at radius 2 is 2.32 bits per heavy atom. The van der Waals surface area contributed by atoms with Crippen LogP contribution in [-0.4, -0.2) is 41.9 Å². The second kappa shape index (κ2) is 5.47. The summed E-state index contributed by atoms with van der Waals surface area (Å²) in [4.78, 5) is 11.5. The summed E-state index contributed by atoms with van der Waals surface area (Å²) < 4.78 is 50.7. The van der Waals surface area contributed by atoms with E-state index in [1.54, 1.807) is 0 Å². The number of aromatic nitrogens is 2. The number of alkyl halides is 3. The van der Waals surface area contributed by atoms with Crippen molar-refractivity contribution in [2.45, 2.75) is 19.1 Å². The first kappa shape index (κ1) is 13.7. The van der Waals surface area contributed by atoms with E-state index in [1.807, 2.05) is 0 Å². The van der Waals surface area contributed by atoms with E-state index in [0.717, 1.165) is 6.42 Å². The Balaban J connectivity index is 1.81. The number of rotatable bonds is 4. The number of fused-ring (bicyclic) bond motifs is 1. The molecule has 2 rings (SSSR count). The van der Waals surface area contributed by atoms with E-state index < -0.39 is 25.5 Å². The molecule has 106 valence electrons. The molecule has 0 atom stereocenters. The maximum atomic E-state index is 11.8. The molecule has 6 nitrogen and oxygen atoms in total. The number of nitrogens with zero attached hydrogens (tertiary/aromatic N) is 2. The number of aryl methyl sites for hydroxylation is 1. The van der Waals surface area contributed by atoms with Crippen LogP contribution in [0, 0.1) is 0 Å². The minimum atomic E-state index is -4.45. The van der Waals surface area contributed by atoms with Crippen molar-refractivity contribution in [3.05, 3.63) is 11.8 Å². The van der Waals surface area contributed by atoms with Crippen molar-refractivity contribution in [2.75, 3.05) is 20.0 Å². The lowest BCUT2D eigenvalue weighted by Crippen LogP contribution is -2.19. The van der Waals surface area contributed by atoms with Gasteiger partial charge in [0.1, 0.15) is 6.61 Å². The van der Waals surface area contributed by atoms with Crippen LogP contribution in [0.25, 0.3) is 0 Å². The van der Waals surface area contributed by atoms with E-state index >= 15 is 0 Å². The first-order valence-electron chi connectivity index (χ1n) is 5.48. The van der Waals surface area contributed by atoms with Crippen LogP contribution in [-0.2, 0) is 16.0 Å². The Kier molecular flexibility index (Phi) is 3.93. The number of carbonyl (C=O) groups is 1. The third-order valence-electron chi connectivity index (χ3n) is 2.26. The highest BCUT2D eigenvalue weighted by Gasteiger charge is 2.27. The quantitative estimate of drug-likeness (QED) is 0.473. The molecule has 0 N–H and O–H groups in total. The van der Waals surface area contributed by atoms with Gasteiger partial charge in [0.15, 0.2) is 12.5 Å². The molecule has 0 amide bonds. The summed E-state index contributed by atoms with van der Waals surface area (Å²) in [5.41, 5.74) is -0.0208. The van der Waals surface area contributed by atoms with Crippen LogP contribution in [0.15, 0.2) is 6.07 Å². The zero-order valence-electron chi connectivity index (χ0n) is 9.77. The van der Waals surface area contributed by atoms with Gasteiger partial charge in [-0.25, -0.2) is 9.48 Å². The molecule has 0 saturated carbocycles. The van der Waals surface area contributed by atoms with Crippen molar-refractivity contribution in [1.82, 2.24) is 9.78 Å². The molecule has 0 radical (unpaired) electrons. The van der Waals surface area contributed by atoms with Gasteiger partial charge in [0.25, 0.3) is 0 Å². The van der Waals surface area contributed by atoms with Crippen molar-refractivity contribution in [2.24, 2.45) is 0 Å². The smallest absolute Gasteiger partial charge is 0.411 e. The fourth-order valence-electron chi connectivity index (χ4n) is 1.49. The number of hydrogen-bond acceptors (Lipinski definition) is 5. The van der Waals surface area contributed by atoms with Gasteiger partial charge in [-0.05, 0) is 0 Å². The molecule has 9 heteroatoms. The largest absolute Gasteiger partial charge is 0.478 e. The summed E-state index contributed by atoms with van der Waals surface area (Å²) in [7, 11) is 0. The second-order valence-corrected chi connectivity index (χ2v) is 3.81. The van der Waals surface area contributed by atoms with Crippen molar-refractivity contribution in [1.29, 1.82) is 0 Å². The molecular formula is C10H11F3N2O4. The average molecular weight is 280 g/mol. The lowest BCUT2D eigenvalue weighted by molar-refractivity contribution is -0.190. The van der Waals surface area contributed by atoms with E-state index in [0.29, 0.717) is 19.0 Å². The molecule has 1 aliphatic rings. The molecule has 0 fully saturated rings. The van der Waals surface area contributed by atoms with E-state index in [-0.39, 0.29) is 5.69 Å². The minimum absolute atomic E-state index is 0.0208. The molecule has 1 aromatic heterocycles. The lowest BCUT2D eigenvalue weighted by Gasteiger charge is -2.13. The SMILES string of the molecule is O=C(OCOCC(F)(F)F)c1cc2n(n1)CCCO2. The van der Waals surface area contributed by atoms with Gasteiger partial charge in [0.2, 0.25) is 5.88 Å². The summed E-state index contributed by atoms with van der Waals surface area (Å²) in [6, 6.07) is 1.38. The molecule has 0 spiro atoms. The summed E-state index contributed by atoms with van der Waals surface area (Å²) in [6.07, 6.45) is -3.67. The molecule has 0 bridgehead atoms. The molecule has 19 heavy (non-hydrogen) atoms. The zero-order chi connectivity index (χ0) is 13.9. The lowest BCUT2D eigenvalue weighted by atomic mass is 10.4. The van der Waals surface area contributed by atoms with Crippen LogP contribution in [0.5, 0.6) is 5.88 Å². The highest BCUT2D eigenvalue weighted by Crippen LogP contribution is 2.19. The fourth-order valence-corrected chi connectivity index (χ4v) is 1.49. The molecule has 0 aromatic carbocycles. The van der Waals surface area contributed by atoms with Gasteiger partial charge < -0.3 is 14.2 Å². The number of ether oxygens (including phenoxy) is 3. The Morgan fingerprint density at radius 1 is 1.53 bits per heavy atom. The zero-order valence-corrected chi connectivity index (χ0v) is 9.77. The monoisotopic (exact) mass is 280 g/mol. The third kappa shape index (κ3) is 3.85. The van der Waals surface area contributed by atoms with Gasteiger partial charge >= 0.3 is 12.1 Å². The first-order valence-corrected chi connectivity index (χ1v) is 5.48. The topological polar surface area (TPSA) is 62.6 Å². The van der Waals surface area contributed by atoms with E-state index in [1.165, 1.54) is 10.7 Å². The fraction of sp³-hybridized carbons (Fsp3) is 0.600. The summed E-state index contributed by atoms with van der Waals surface area (Å²) >= 11 is 0. The van der Waals surface area contributed by atoms with Crippen LogP contribution in [0.4, 0.5) is 13.2 Å². The number of halogens is 3. The van der Waals surface area contributed by atoms with Gasteiger partial charge in [-0.1, -0.05) is 0 Å². The molecule has 0 saturated heterocycles. The van der Waals surface area contributed by atoms with Crippen LogP contribution in [0.1, 0.15) is 16.9 Å². The van der Waals surface area contributed by atoms with Crippen LogP contribution < -0.4 is 4.74 Å². The Hall–Kier alpha value is -1.77. The molecule has 1 aromatic rings. The van der Waals surface area contributed by atoms with Crippen LogP contribution >= 0.6 is 0 Å². The first-order chi connectivity index (χ1) is 8.96. The van der Waals surface area contributed by atoms with E-state index in [2.05, 4.69) is 14.6 Å². The predicted octanol–water partition coefficient (Wildman–Crippen LogP) is 1.36. The summed E-state index contributed by atoms with van der Waals surface area (Å²) in [5, 5.41) is 3.92. The molecule has 0 aliphatic carbocycles. The normalized spacial score (nSPS) is 14.7. The molecule has 0 unspecified atom stereocenters. The maximum Gasteiger partial charge on any atom is 0.411 e. The van der Waals surface area contributed by atoms with Crippen molar-refractivity contribution in [3.63, 3.8) is 0 Å². The van der Waals surface area contributed by atoms with Crippen molar-refractivity contribution >= 4 is 5.97 Å². The second-order valence-electron chi connectivity index (χ2n) is 3.81. The van der Waals surface area contributed by atoms with E-state index in [4.69, 9.17) is 4.74 Å².